The van der Waals surface area contributed by atoms with E-state index in [0.29, 0.717) is 23.9 Å². The SMILES string of the molecule is CCOc1ccc(Nc2ncnc(NN(C)C)c2N)cc1. The largest absolute Gasteiger partial charge is 0.494 e. The van der Waals surface area contributed by atoms with Crippen LogP contribution < -0.4 is 21.2 Å². The zero-order chi connectivity index (χ0) is 15.2. The summed E-state index contributed by atoms with van der Waals surface area (Å²) in [5.74, 6) is 1.94. The lowest BCUT2D eigenvalue weighted by Gasteiger charge is -2.16. The van der Waals surface area contributed by atoms with E-state index < -0.39 is 0 Å². The van der Waals surface area contributed by atoms with Crippen molar-refractivity contribution < 1.29 is 4.74 Å². The second-order valence-corrected chi connectivity index (χ2v) is 4.57. The first-order valence-corrected chi connectivity index (χ1v) is 6.64. The third kappa shape index (κ3) is 3.96. The second kappa shape index (κ2) is 6.76. The van der Waals surface area contributed by atoms with Crippen molar-refractivity contribution in [3.8, 4) is 5.75 Å². The molecule has 1 aromatic carbocycles. The minimum atomic E-state index is 0.458. The van der Waals surface area contributed by atoms with Crippen molar-refractivity contribution in [2.75, 3.05) is 37.2 Å². The molecule has 0 fully saturated rings. The van der Waals surface area contributed by atoms with Crippen molar-refractivity contribution in [1.29, 1.82) is 0 Å². The number of hydrazine groups is 1. The van der Waals surface area contributed by atoms with E-state index in [1.54, 1.807) is 5.01 Å². The maximum atomic E-state index is 6.06. The Balaban J connectivity index is 2.15. The zero-order valence-corrected chi connectivity index (χ0v) is 12.4. The van der Waals surface area contributed by atoms with Crippen LogP contribution in [0.1, 0.15) is 6.92 Å². The summed E-state index contributed by atoms with van der Waals surface area (Å²) in [4.78, 5) is 8.27. The zero-order valence-electron chi connectivity index (χ0n) is 12.4. The van der Waals surface area contributed by atoms with Gasteiger partial charge in [0.25, 0.3) is 0 Å². The summed E-state index contributed by atoms with van der Waals surface area (Å²) < 4.78 is 5.40. The Labute approximate surface area is 124 Å². The summed E-state index contributed by atoms with van der Waals surface area (Å²) in [5.41, 5.74) is 10.4. The first kappa shape index (κ1) is 14.9. The van der Waals surface area contributed by atoms with Gasteiger partial charge in [-0.25, -0.2) is 15.0 Å². The van der Waals surface area contributed by atoms with Gasteiger partial charge in [0.2, 0.25) is 0 Å². The van der Waals surface area contributed by atoms with Gasteiger partial charge in [-0.2, -0.15) is 0 Å². The number of benzene rings is 1. The Bertz CT molecular complexity index is 585. The molecule has 0 amide bonds. The first-order chi connectivity index (χ1) is 10.1. The van der Waals surface area contributed by atoms with E-state index in [1.165, 1.54) is 6.33 Å². The van der Waals surface area contributed by atoms with Gasteiger partial charge in [0, 0.05) is 19.8 Å². The molecule has 21 heavy (non-hydrogen) atoms. The number of nitrogens with zero attached hydrogens (tertiary/aromatic N) is 3. The Kier molecular flexibility index (Phi) is 4.78. The number of nitrogen functional groups attached to an aromatic ring is 1. The summed E-state index contributed by atoms with van der Waals surface area (Å²) in [5, 5.41) is 4.93. The van der Waals surface area contributed by atoms with Gasteiger partial charge in [-0.15, -0.1) is 0 Å². The fraction of sp³-hybridized carbons (Fsp3) is 0.286. The van der Waals surface area contributed by atoms with Crippen molar-refractivity contribution in [1.82, 2.24) is 15.0 Å². The van der Waals surface area contributed by atoms with Gasteiger partial charge >= 0.3 is 0 Å². The second-order valence-electron chi connectivity index (χ2n) is 4.57. The van der Waals surface area contributed by atoms with E-state index in [2.05, 4.69) is 20.7 Å². The standard InChI is InChI=1S/C14H20N6O/c1-4-21-11-7-5-10(6-8-11)18-13-12(15)14(17-9-16-13)19-20(2)3/h5-9H,4,15H2,1-3H3,(H2,16,17,18,19). The molecule has 1 heterocycles. The van der Waals surface area contributed by atoms with Crippen molar-refractivity contribution in [2.24, 2.45) is 0 Å². The maximum absolute atomic E-state index is 6.06. The number of rotatable bonds is 6. The van der Waals surface area contributed by atoms with Crippen LogP contribution in [0.4, 0.5) is 23.0 Å². The number of nitrogens with two attached hydrogens (primary N) is 1. The lowest BCUT2D eigenvalue weighted by Crippen LogP contribution is -2.21. The van der Waals surface area contributed by atoms with Crippen molar-refractivity contribution >= 4 is 23.0 Å². The Hall–Kier alpha value is -2.54. The summed E-state index contributed by atoms with van der Waals surface area (Å²) >= 11 is 0. The molecule has 0 spiro atoms. The highest BCUT2D eigenvalue weighted by atomic mass is 16.5. The van der Waals surface area contributed by atoms with E-state index in [9.17, 15) is 0 Å². The molecular weight excluding hydrogens is 268 g/mol. The van der Waals surface area contributed by atoms with Gasteiger partial charge in [0.1, 0.15) is 17.8 Å². The molecule has 1 aromatic heterocycles. The van der Waals surface area contributed by atoms with Crippen LogP contribution >= 0.6 is 0 Å². The van der Waals surface area contributed by atoms with E-state index in [4.69, 9.17) is 10.5 Å². The number of hydrogen-bond acceptors (Lipinski definition) is 7. The van der Waals surface area contributed by atoms with Gasteiger partial charge in [-0.1, -0.05) is 0 Å². The molecule has 2 rings (SSSR count). The highest BCUT2D eigenvalue weighted by Gasteiger charge is 2.08. The van der Waals surface area contributed by atoms with Gasteiger partial charge in [-0.3, -0.25) is 0 Å². The smallest absolute Gasteiger partial charge is 0.169 e. The lowest BCUT2D eigenvalue weighted by atomic mass is 10.3. The average molecular weight is 288 g/mol. The van der Waals surface area contributed by atoms with Crippen LogP contribution in [0.25, 0.3) is 0 Å². The normalized spacial score (nSPS) is 10.5. The molecule has 0 radical (unpaired) electrons. The molecule has 0 saturated carbocycles. The molecule has 4 N–H and O–H groups in total. The van der Waals surface area contributed by atoms with E-state index in [1.807, 2.05) is 45.3 Å². The third-order valence-electron chi connectivity index (χ3n) is 2.64. The molecule has 0 aliphatic rings. The highest BCUT2D eigenvalue weighted by Crippen LogP contribution is 2.26. The van der Waals surface area contributed by atoms with Crippen molar-refractivity contribution in [2.45, 2.75) is 6.92 Å². The Morgan fingerprint density at radius 1 is 1.14 bits per heavy atom. The van der Waals surface area contributed by atoms with Crippen LogP contribution in [-0.4, -0.2) is 35.7 Å². The molecule has 0 saturated heterocycles. The van der Waals surface area contributed by atoms with Crippen molar-refractivity contribution in [3.05, 3.63) is 30.6 Å². The van der Waals surface area contributed by atoms with Crippen LogP contribution in [0.15, 0.2) is 30.6 Å². The third-order valence-corrected chi connectivity index (χ3v) is 2.64. The lowest BCUT2D eigenvalue weighted by molar-refractivity contribution is 0.340. The fourth-order valence-corrected chi connectivity index (χ4v) is 1.73. The molecule has 0 aliphatic carbocycles. The maximum Gasteiger partial charge on any atom is 0.169 e. The Morgan fingerprint density at radius 3 is 2.43 bits per heavy atom. The van der Waals surface area contributed by atoms with Crippen LogP contribution in [0.2, 0.25) is 0 Å². The van der Waals surface area contributed by atoms with Crippen molar-refractivity contribution in [3.63, 3.8) is 0 Å². The number of ether oxygens (including phenoxy) is 1. The highest BCUT2D eigenvalue weighted by molar-refractivity contribution is 5.77. The Morgan fingerprint density at radius 2 is 1.81 bits per heavy atom. The summed E-state index contributed by atoms with van der Waals surface area (Å²) in [6.07, 6.45) is 1.46. The van der Waals surface area contributed by atoms with Crippen LogP contribution in [0.3, 0.4) is 0 Å². The topological polar surface area (TPSA) is 88.3 Å². The molecule has 0 unspecified atom stereocenters. The van der Waals surface area contributed by atoms with Gasteiger partial charge < -0.3 is 21.2 Å². The van der Waals surface area contributed by atoms with Crippen LogP contribution in [0.5, 0.6) is 5.75 Å². The first-order valence-electron chi connectivity index (χ1n) is 6.64. The molecular formula is C14H20N6O. The molecule has 112 valence electrons. The molecule has 0 aliphatic heterocycles. The summed E-state index contributed by atoms with van der Waals surface area (Å²) in [6, 6.07) is 7.60. The van der Waals surface area contributed by atoms with Crippen LogP contribution in [0, 0.1) is 0 Å². The minimum Gasteiger partial charge on any atom is -0.494 e. The number of aromatic nitrogens is 2. The number of hydrogen-bond donors (Lipinski definition) is 3. The average Bonchev–Trinajstić information content (AvgIpc) is 2.45. The van der Waals surface area contributed by atoms with E-state index in [0.717, 1.165) is 11.4 Å². The van der Waals surface area contributed by atoms with E-state index in [-0.39, 0.29) is 0 Å². The number of anilines is 4. The van der Waals surface area contributed by atoms with Gasteiger partial charge in [0.05, 0.1) is 6.61 Å². The molecule has 7 nitrogen and oxygen atoms in total. The predicted molar refractivity (Wildman–Crippen MR) is 84.6 cm³/mol. The monoisotopic (exact) mass is 288 g/mol. The predicted octanol–water partition coefficient (Wildman–Crippen LogP) is 2.09. The van der Waals surface area contributed by atoms with E-state index >= 15 is 0 Å². The van der Waals surface area contributed by atoms with Gasteiger partial charge in [-0.05, 0) is 31.2 Å². The molecule has 0 atom stereocenters. The van der Waals surface area contributed by atoms with Gasteiger partial charge in [0.15, 0.2) is 11.6 Å². The molecule has 0 bridgehead atoms. The quantitative estimate of drug-likeness (QED) is 0.701. The minimum absolute atomic E-state index is 0.458. The summed E-state index contributed by atoms with van der Waals surface area (Å²) in [6.45, 7) is 2.60. The molecule has 7 heteroatoms. The fourth-order valence-electron chi connectivity index (χ4n) is 1.73. The number of nitrogens with one attached hydrogen (secondary N) is 2. The summed E-state index contributed by atoms with van der Waals surface area (Å²) in [7, 11) is 3.72. The van der Waals surface area contributed by atoms with Crippen LogP contribution in [-0.2, 0) is 0 Å². The molecule has 2 aromatic rings.